The monoisotopic (exact) mass is 426 g/mol. The first-order valence-electron chi connectivity index (χ1n) is 9.85. The van der Waals surface area contributed by atoms with Crippen molar-refractivity contribution >= 4 is 17.5 Å². The number of ether oxygens (including phenoxy) is 1. The van der Waals surface area contributed by atoms with Crippen LogP contribution >= 0.6 is 11.6 Å². The molecule has 0 bridgehead atoms. The average molecular weight is 427 g/mol. The third kappa shape index (κ3) is 5.17. The molecule has 0 N–H and O–H groups in total. The number of amides is 1. The lowest BCUT2D eigenvalue weighted by Crippen LogP contribution is -2.49. The number of hydrogen-bond acceptors (Lipinski definition) is 6. The van der Waals surface area contributed by atoms with Gasteiger partial charge in [0.1, 0.15) is 5.75 Å². The molecule has 156 valence electrons. The number of hydrogen-bond donors (Lipinski definition) is 0. The highest BCUT2D eigenvalue weighted by Crippen LogP contribution is 2.19. The van der Waals surface area contributed by atoms with Gasteiger partial charge in [-0.2, -0.15) is 4.98 Å². The van der Waals surface area contributed by atoms with Crippen molar-refractivity contribution in [1.82, 2.24) is 19.9 Å². The Morgan fingerprint density at radius 1 is 1.07 bits per heavy atom. The topological polar surface area (TPSA) is 71.7 Å². The van der Waals surface area contributed by atoms with E-state index in [0.29, 0.717) is 42.1 Å². The quantitative estimate of drug-likeness (QED) is 0.601. The van der Waals surface area contributed by atoms with Gasteiger partial charge in [-0.05, 0) is 43.3 Å². The molecule has 1 saturated heterocycles. The molecule has 0 atom stereocenters. The highest BCUT2D eigenvalue weighted by Gasteiger charge is 2.22. The molecule has 1 aromatic heterocycles. The lowest BCUT2D eigenvalue weighted by molar-refractivity contribution is -0.135. The summed E-state index contributed by atoms with van der Waals surface area (Å²) in [5.41, 5.74) is 2.10. The Balaban J connectivity index is 1.24. The number of benzene rings is 2. The summed E-state index contributed by atoms with van der Waals surface area (Å²) in [4.78, 5) is 20.9. The van der Waals surface area contributed by atoms with Gasteiger partial charge < -0.3 is 14.2 Å². The summed E-state index contributed by atoms with van der Waals surface area (Å²) in [5.74, 6) is 1.79. The maximum atomic E-state index is 12.4. The van der Waals surface area contributed by atoms with Crippen LogP contribution in [-0.4, -0.2) is 58.6 Å². The minimum Gasteiger partial charge on any atom is -0.484 e. The molecule has 1 aliphatic rings. The van der Waals surface area contributed by atoms with Crippen LogP contribution in [0.4, 0.5) is 0 Å². The molecule has 4 rings (SSSR count). The number of halogens is 1. The zero-order valence-electron chi connectivity index (χ0n) is 16.8. The van der Waals surface area contributed by atoms with E-state index < -0.39 is 0 Å². The predicted octanol–water partition coefficient (Wildman–Crippen LogP) is 3.42. The van der Waals surface area contributed by atoms with Crippen molar-refractivity contribution in [2.75, 3.05) is 32.8 Å². The first-order chi connectivity index (χ1) is 14.6. The molecular formula is C22H23ClN4O3. The fraction of sp³-hybridized carbons (Fsp3) is 0.318. The molecule has 8 heteroatoms. The lowest BCUT2D eigenvalue weighted by atomic mass is 10.1. The van der Waals surface area contributed by atoms with Gasteiger partial charge in [-0.15, -0.1) is 0 Å². The fourth-order valence-corrected chi connectivity index (χ4v) is 3.38. The van der Waals surface area contributed by atoms with Crippen LogP contribution in [0.3, 0.4) is 0 Å². The van der Waals surface area contributed by atoms with E-state index in [1.54, 1.807) is 24.3 Å². The largest absolute Gasteiger partial charge is 0.484 e. The second-order valence-electron chi connectivity index (χ2n) is 7.28. The summed E-state index contributed by atoms with van der Waals surface area (Å²) < 4.78 is 11.0. The molecule has 0 unspecified atom stereocenters. The van der Waals surface area contributed by atoms with Crippen molar-refractivity contribution in [3.05, 3.63) is 64.9 Å². The second-order valence-corrected chi connectivity index (χ2v) is 7.72. The first-order valence-corrected chi connectivity index (χ1v) is 10.2. The fourth-order valence-electron chi connectivity index (χ4n) is 3.25. The molecule has 0 spiro atoms. The molecular weight excluding hydrogens is 404 g/mol. The van der Waals surface area contributed by atoms with Crippen molar-refractivity contribution in [1.29, 1.82) is 0 Å². The summed E-state index contributed by atoms with van der Waals surface area (Å²) in [6, 6.07) is 15.0. The molecule has 2 heterocycles. The Morgan fingerprint density at radius 3 is 2.47 bits per heavy atom. The van der Waals surface area contributed by atoms with E-state index in [2.05, 4.69) is 15.0 Å². The summed E-state index contributed by atoms with van der Waals surface area (Å²) in [7, 11) is 0. The number of aryl methyl sites for hydroxylation is 1. The zero-order chi connectivity index (χ0) is 20.9. The summed E-state index contributed by atoms with van der Waals surface area (Å²) in [5, 5.41) is 4.73. The zero-order valence-corrected chi connectivity index (χ0v) is 17.5. The van der Waals surface area contributed by atoms with Crippen LogP contribution in [0, 0.1) is 6.92 Å². The van der Waals surface area contributed by atoms with Crippen LogP contribution in [0.25, 0.3) is 11.5 Å². The second kappa shape index (κ2) is 9.28. The smallest absolute Gasteiger partial charge is 0.260 e. The van der Waals surface area contributed by atoms with Gasteiger partial charge in [0.05, 0.1) is 6.54 Å². The molecule has 1 aliphatic heterocycles. The molecule has 30 heavy (non-hydrogen) atoms. The number of piperazine rings is 1. The van der Waals surface area contributed by atoms with Gasteiger partial charge in [-0.3, -0.25) is 9.69 Å². The normalized spacial score (nSPS) is 14.7. The average Bonchev–Trinajstić information content (AvgIpc) is 3.22. The van der Waals surface area contributed by atoms with E-state index in [1.165, 1.54) is 5.56 Å². The number of carbonyl (C=O) groups excluding carboxylic acids is 1. The van der Waals surface area contributed by atoms with E-state index in [0.717, 1.165) is 18.7 Å². The van der Waals surface area contributed by atoms with Gasteiger partial charge in [0.25, 0.3) is 11.8 Å². The molecule has 0 aliphatic carbocycles. The van der Waals surface area contributed by atoms with Crippen molar-refractivity contribution in [2.24, 2.45) is 0 Å². The highest BCUT2D eigenvalue weighted by atomic mass is 35.5. The van der Waals surface area contributed by atoms with Crippen LogP contribution in [0.15, 0.2) is 53.1 Å². The molecule has 0 radical (unpaired) electrons. The van der Waals surface area contributed by atoms with Crippen molar-refractivity contribution in [2.45, 2.75) is 13.5 Å². The lowest BCUT2D eigenvalue weighted by Gasteiger charge is -2.34. The van der Waals surface area contributed by atoms with Crippen molar-refractivity contribution < 1.29 is 14.1 Å². The minimum atomic E-state index is -0.0224. The van der Waals surface area contributed by atoms with Crippen LogP contribution in [-0.2, 0) is 11.3 Å². The van der Waals surface area contributed by atoms with Gasteiger partial charge in [0.2, 0.25) is 0 Å². The molecule has 0 saturated carbocycles. The summed E-state index contributed by atoms with van der Waals surface area (Å²) in [6.45, 7) is 5.45. The van der Waals surface area contributed by atoms with E-state index in [9.17, 15) is 4.79 Å². The highest BCUT2D eigenvalue weighted by molar-refractivity contribution is 6.30. The molecule has 7 nitrogen and oxygen atoms in total. The van der Waals surface area contributed by atoms with Crippen molar-refractivity contribution in [3.8, 4) is 17.2 Å². The van der Waals surface area contributed by atoms with Gasteiger partial charge in [0, 0.05) is 36.8 Å². The predicted molar refractivity (Wildman–Crippen MR) is 113 cm³/mol. The number of carbonyl (C=O) groups is 1. The van der Waals surface area contributed by atoms with E-state index in [-0.39, 0.29) is 12.5 Å². The molecule has 1 fully saturated rings. The van der Waals surface area contributed by atoms with Gasteiger partial charge >= 0.3 is 0 Å². The Hall–Kier alpha value is -2.90. The third-order valence-electron chi connectivity index (χ3n) is 5.03. The van der Waals surface area contributed by atoms with Gasteiger partial charge in [-0.25, -0.2) is 0 Å². The Labute approximate surface area is 180 Å². The van der Waals surface area contributed by atoms with Crippen LogP contribution in [0.1, 0.15) is 11.4 Å². The maximum absolute atomic E-state index is 12.4. The van der Waals surface area contributed by atoms with E-state index >= 15 is 0 Å². The number of aromatic nitrogens is 2. The SMILES string of the molecule is Cc1ccc(-c2nc(CN3CCN(C(=O)COc4ccc(Cl)cc4)CC3)no2)cc1. The Bertz CT molecular complexity index is 980. The first kappa shape index (κ1) is 20.4. The number of nitrogens with zero attached hydrogens (tertiary/aromatic N) is 4. The Kier molecular flexibility index (Phi) is 6.30. The maximum Gasteiger partial charge on any atom is 0.260 e. The van der Waals surface area contributed by atoms with Gasteiger partial charge in [-0.1, -0.05) is 34.5 Å². The molecule has 3 aromatic rings. The molecule has 2 aromatic carbocycles. The van der Waals surface area contributed by atoms with E-state index in [4.69, 9.17) is 20.9 Å². The van der Waals surface area contributed by atoms with Crippen LogP contribution in [0.5, 0.6) is 5.75 Å². The van der Waals surface area contributed by atoms with Crippen molar-refractivity contribution in [3.63, 3.8) is 0 Å². The molecule has 1 amide bonds. The minimum absolute atomic E-state index is 0.0202. The number of rotatable bonds is 6. The van der Waals surface area contributed by atoms with Crippen LogP contribution < -0.4 is 4.74 Å². The third-order valence-corrected chi connectivity index (χ3v) is 5.28. The summed E-state index contributed by atoms with van der Waals surface area (Å²) in [6.07, 6.45) is 0. The summed E-state index contributed by atoms with van der Waals surface area (Å²) >= 11 is 5.86. The Morgan fingerprint density at radius 2 is 1.77 bits per heavy atom. The van der Waals surface area contributed by atoms with Gasteiger partial charge in [0.15, 0.2) is 12.4 Å². The standard InChI is InChI=1S/C22H23ClN4O3/c1-16-2-4-17(5-3-16)22-24-20(25-30-22)14-26-10-12-27(13-11-26)21(28)15-29-19-8-6-18(23)7-9-19/h2-9H,10-15H2,1H3. The van der Waals surface area contributed by atoms with E-state index in [1.807, 2.05) is 36.1 Å². The van der Waals surface area contributed by atoms with Crippen LogP contribution in [0.2, 0.25) is 5.02 Å².